The van der Waals surface area contributed by atoms with Crippen molar-refractivity contribution in [3.8, 4) is 11.1 Å². The molecular formula is C53H49N. The standard InChI is InChI=1S/C37H29N.2C8H10/c1-25-11-13-28(14-12-25)34-24-37(33-18-16-27-8-4-6-10-30(27)22-33)38(2)36-20-19-32(23-35(34)36)31-17-15-26-7-3-5-9-29(26)21-31;1-7-5-3-4-6-8(7)2;1-2-8-6-4-3-5-7-8/h3-24,37H,1-2H3;3-6H,1-2H3;3-7H,2H2,1H3. The normalized spacial score (nSPS) is 13.2. The lowest BCUT2D eigenvalue weighted by molar-refractivity contribution is 0.802. The van der Waals surface area contributed by atoms with Crippen LogP contribution in [0.5, 0.6) is 0 Å². The zero-order valence-electron chi connectivity index (χ0n) is 32.1. The summed E-state index contributed by atoms with van der Waals surface area (Å²) in [7, 11) is 2.22. The molecule has 1 unspecified atom stereocenters. The molecule has 0 bridgehead atoms. The third-order valence-corrected chi connectivity index (χ3v) is 10.6. The number of hydrogen-bond acceptors (Lipinski definition) is 1. The Bertz CT molecular complexity index is 2500. The average Bonchev–Trinajstić information content (AvgIpc) is 3.23. The van der Waals surface area contributed by atoms with E-state index in [0.717, 1.165) is 6.42 Å². The summed E-state index contributed by atoms with van der Waals surface area (Å²) in [6, 6.07) is 65.7. The van der Waals surface area contributed by atoms with Crippen LogP contribution in [0.15, 0.2) is 188 Å². The molecule has 0 amide bonds. The molecule has 0 saturated heterocycles. The van der Waals surface area contributed by atoms with Crippen molar-refractivity contribution in [3.63, 3.8) is 0 Å². The summed E-state index contributed by atoms with van der Waals surface area (Å²) in [4.78, 5) is 2.42. The largest absolute Gasteiger partial charge is 0.364 e. The van der Waals surface area contributed by atoms with Crippen LogP contribution in [0.4, 0.5) is 5.69 Å². The Morgan fingerprint density at radius 2 is 0.981 bits per heavy atom. The minimum atomic E-state index is 0.148. The predicted molar refractivity (Wildman–Crippen MR) is 234 cm³/mol. The van der Waals surface area contributed by atoms with Crippen molar-refractivity contribution in [2.75, 3.05) is 11.9 Å². The molecule has 0 saturated carbocycles. The van der Waals surface area contributed by atoms with Crippen LogP contribution in [0.25, 0.3) is 38.2 Å². The monoisotopic (exact) mass is 699 g/mol. The van der Waals surface area contributed by atoms with Crippen LogP contribution in [-0.2, 0) is 6.42 Å². The molecule has 8 aromatic carbocycles. The first-order chi connectivity index (χ1) is 26.4. The average molecular weight is 700 g/mol. The minimum Gasteiger partial charge on any atom is -0.364 e. The van der Waals surface area contributed by atoms with E-state index in [1.165, 1.54) is 82.9 Å². The zero-order chi connectivity index (χ0) is 37.4. The number of likely N-dealkylation sites (N-methyl/N-ethyl adjacent to an activating group) is 1. The van der Waals surface area contributed by atoms with Gasteiger partial charge in [0, 0.05) is 18.3 Å². The number of fused-ring (bicyclic) bond motifs is 3. The molecule has 1 aliphatic heterocycles. The molecule has 1 aliphatic rings. The van der Waals surface area contributed by atoms with E-state index in [1.54, 1.807) is 0 Å². The molecule has 0 spiro atoms. The Labute approximate surface area is 321 Å². The van der Waals surface area contributed by atoms with Crippen LogP contribution >= 0.6 is 0 Å². The molecule has 266 valence electrons. The van der Waals surface area contributed by atoms with Gasteiger partial charge < -0.3 is 4.90 Å². The molecular weight excluding hydrogens is 651 g/mol. The van der Waals surface area contributed by atoms with Gasteiger partial charge in [0.25, 0.3) is 0 Å². The van der Waals surface area contributed by atoms with Gasteiger partial charge in [-0.1, -0.05) is 170 Å². The molecule has 0 aliphatic carbocycles. The number of aryl methyl sites for hydroxylation is 4. The predicted octanol–water partition coefficient (Wildman–Crippen LogP) is 14.1. The fourth-order valence-corrected chi connectivity index (χ4v) is 7.19. The van der Waals surface area contributed by atoms with Crippen LogP contribution in [0.3, 0.4) is 0 Å². The molecule has 0 aromatic heterocycles. The van der Waals surface area contributed by atoms with E-state index >= 15 is 0 Å². The third-order valence-electron chi connectivity index (χ3n) is 10.6. The summed E-state index contributed by atoms with van der Waals surface area (Å²) in [5.74, 6) is 0. The zero-order valence-corrected chi connectivity index (χ0v) is 32.1. The highest BCUT2D eigenvalue weighted by Gasteiger charge is 2.26. The van der Waals surface area contributed by atoms with Gasteiger partial charge in [0.1, 0.15) is 0 Å². The second kappa shape index (κ2) is 16.7. The molecule has 1 heteroatoms. The van der Waals surface area contributed by atoms with Crippen LogP contribution in [0, 0.1) is 20.8 Å². The SMILES string of the molecule is CCc1ccccc1.Cc1ccc(C2=CC(c3ccc4ccccc4c3)N(C)c3ccc(-c4ccc5ccccc5c4)cc32)cc1.Cc1ccccc1C. The van der Waals surface area contributed by atoms with Gasteiger partial charge in [-0.25, -0.2) is 0 Å². The Kier molecular flexibility index (Phi) is 11.2. The molecule has 0 radical (unpaired) electrons. The van der Waals surface area contributed by atoms with Gasteiger partial charge in [0.2, 0.25) is 0 Å². The Morgan fingerprint density at radius 3 is 1.59 bits per heavy atom. The highest BCUT2D eigenvalue weighted by Crippen LogP contribution is 2.44. The number of hydrogen-bond donors (Lipinski definition) is 0. The van der Waals surface area contributed by atoms with Crippen molar-refractivity contribution in [3.05, 3.63) is 227 Å². The second-order valence-corrected chi connectivity index (χ2v) is 14.3. The highest BCUT2D eigenvalue weighted by molar-refractivity contribution is 5.94. The maximum absolute atomic E-state index is 2.45. The fraction of sp³-hybridized carbons (Fsp3) is 0.132. The lowest BCUT2D eigenvalue weighted by atomic mass is 9.86. The molecule has 0 fully saturated rings. The van der Waals surface area contributed by atoms with Crippen molar-refractivity contribution >= 4 is 32.8 Å². The first-order valence-electron chi connectivity index (χ1n) is 19.1. The van der Waals surface area contributed by atoms with Gasteiger partial charge in [0.05, 0.1) is 6.04 Å². The van der Waals surface area contributed by atoms with E-state index in [-0.39, 0.29) is 6.04 Å². The van der Waals surface area contributed by atoms with Gasteiger partial charge in [0.15, 0.2) is 0 Å². The molecule has 54 heavy (non-hydrogen) atoms. The molecule has 1 nitrogen and oxygen atoms in total. The third kappa shape index (κ3) is 8.22. The minimum absolute atomic E-state index is 0.148. The van der Waals surface area contributed by atoms with Gasteiger partial charge >= 0.3 is 0 Å². The van der Waals surface area contributed by atoms with Crippen molar-refractivity contribution in [1.29, 1.82) is 0 Å². The second-order valence-electron chi connectivity index (χ2n) is 14.3. The van der Waals surface area contributed by atoms with Gasteiger partial charge in [-0.15, -0.1) is 0 Å². The Hall–Kier alpha value is -6.18. The van der Waals surface area contributed by atoms with E-state index in [0.29, 0.717) is 0 Å². The first kappa shape index (κ1) is 36.2. The van der Waals surface area contributed by atoms with Gasteiger partial charge in [-0.3, -0.25) is 0 Å². The van der Waals surface area contributed by atoms with Crippen LogP contribution in [0.1, 0.15) is 51.9 Å². The summed E-state index contributed by atoms with van der Waals surface area (Å²) in [5, 5.41) is 5.09. The molecule has 1 heterocycles. The van der Waals surface area contributed by atoms with Crippen molar-refractivity contribution in [2.45, 2.75) is 40.2 Å². The lowest BCUT2D eigenvalue weighted by Gasteiger charge is -2.36. The van der Waals surface area contributed by atoms with Crippen molar-refractivity contribution in [2.24, 2.45) is 0 Å². The maximum atomic E-state index is 2.45. The van der Waals surface area contributed by atoms with Crippen LogP contribution in [-0.4, -0.2) is 7.05 Å². The highest BCUT2D eigenvalue weighted by atomic mass is 15.1. The van der Waals surface area contributed by atoms with Gasteiger partial charge in [-0.05, 0) is 124 Å². The maximum Gasteiger partial charge on any atom is 0.0733 e. The van der Waals surface area contributed by atoms with E-state index in [4.69, 9.17) is 0 Å². The van der Waals surface area contributed by atoms with Crippen LogP contribution in [0.2, 0.25) is 0 Å². The molecule has 8 aromatic rings. The quantitative estimate of drug-likeness (QED) is 0.177. The summed E-state index contributed by atoms with van der Waals surface area (Å²) >= 11 is 0. The Morgan fingerprint density at radius 1 is 0.463 bits per heavy atom. The van der Waals surface area contributed by atoms with Crippen molar-refractivity contribution < 1.29 is 0 Å². The molecule has 0 N–H and O–H groups in total. The van der Waals surface area contributed by atoms with Crippen molar-refractivity contribution in [1.82, 2.24) is 0 Å². The Balaban J connectivity index is 0.000000232. The lowest BCUT2D eigenvalue weighted by Crippen LogP contribution is -2.27. The van der Waals surface area contributed by atoms with E-state index in [9.17, 15) is 0 Å². The van der Waals surface area contributed by atoms with E-state index in [1.807, 2.05) is 6.07 Å². The number of benzene rings is 8. The summed E-state index contributed by atoms with van der Waals surface area (Å²) < 4.78 is 0. The topological polar surface area (TPSA) is 3.24 Å². The smallest absolute Gasteiger partial charge is 0.0733 e. The van der Waals surface area contributed by atoms with Gasteiger partial charge in [-0.2, -0.15) is 0 Å². The molecule has 1 atom stereocenters. The number of rotatable bonds is 4. The summed E-state index contributed by atoms with van der Waals surface area (Å²) in [6.45, 7) is 8.55. The number of anilines is 1. The summed E-state index contributed by atoms with van der Waals surface area (Å²) in [5.41, 5.74) is 14.3. The number of nitrogens with zero attached hydrogens (tertiary/aromatic N) is 1. The van der Waals surface area contributed by atoms with E-state index in [2.05, 4.69) is 222 Å². The fourth-order valence-electron chi connectivity index (χ4n) is 7.19. The van der Waals surface area contributed by atoms with Crippen LogP contribution < -0.4 is 4.90 Å². The summed E-state index contributed by atoms with van der Waals surface area (Å²) in [6.07, 6.45) is 3.59. The van der Waals surface area contributed by atoms with E-state index < -0.39 is 0 Å². The first-order valence-corrected chi connectivity index (χ1v) is 19.1. The molecule has 9 rings (SSSR count).